The lowest BCUT2D eigenvalue weighted by Gasteiger charge is -2.22. The fourth-order valence-electron chi connectivity index (χ4n) is 4.46. The summed E-state index contributed by atoms with van der Waals surface area (Å²) in [5.41, 5.74) is 2.73. The zero-order valence-electron chi connectivity index (χ0n) is 17.6. The van der Waals surface area contributed by atoms with Crippen molar-refractivity contribution in [1.82, 2.24) is 30.1 Å². The molecule has 1 aliphatic carbocycles. The predicted octanol–water partition coefficient (Wildman–Crippen LogP) is 4.20. The van der Waals surface area contributed by atoms with E-state index >= 15 is 0 Å². The molecule has 7 nitrogen and oxygen atoms in total. The van der Waals surface area contributed by atoms with Gasteiger partial charge in [0.1, 0.15) is 0 Å². The fourth-order valence-corrected chi connectivity index (χ4v) is 5.20. The van der Waals surface area contributed by atoms with Crippen LogP contribution in [0.1, 0.15) is 53.6 Å². The molecule has 1 aliphatic rings. The third kappa shape index (κ3) is 4.45. The molecule has 1 N–H and O–H groups in total. The van der Waals surface area contributed by atoms with Crippen molar-refractivity contribution in [3.63, 3.8) is 0 Å². The van der Waals surface area contributed by atoms with Crippen LogP contribution in [0.4, 0.5) is 0 Å². The van der Waals surface area contributed by atoms with E-state index in [1.165, 1.54) is 17.7 Å². The van der Waals surface area contributed by atoms with Crippen molar-refractivity contribution in [2.24, 2.45) is 0 Å². The Labute approximate surface area is 184 Å². The molecule has 8 heteroatoms. The van der Waals surface area contributed by atoms with E-state index in [9.17, 15) is 4.79 Å². The molecule has 0 spiro atoms. The lowest BCUT2D eigenvalue weighted by Crippen LogP contribution is -2.28. The van der Waals surface area contributed by atoms with Crippen LogP contribution in [-0.2, 0) is 19.6 Å². The Morgan fingerprint density at radius 1 is 1.16 bits per heavy atom. The van der Waals surface area contributed by atoms with Crippen LogP contribution in [0.25, 0.3) is 10.9 Å². The van der Waals surface area contributed by atoms with Gasteiger partial charge < -0.3 is 4.98 Å². The van der Waals surface area contributed by atoms with Crippen molar-refractivity contribution >= 4 is 22.2 Å². The summed E-state index contributed by atoms with van der Waals surface area (Å²) in [6, 6.07) is 12.7. The molecular formula is C23H26N6OS. The summed E-state index contributed by atoms with van der Waals surface area (Å²) in [6.45, 7) is 3.92. The smallest absolute Gasteiger partial charge is 0.252 e. The number of fused-ring (bicyclic) bond motifs is 1. The number of hydrogen-bond acceptors (Lipinski definition) is 6. The van der Waals surface area contributed by atoms with Crippen molar-refractivity contribution in [3.8, 4) is 0 Å². The van der Waals surface area contributed by atoms with Gasteiger partial charge in [0, 0.05) is 29.0 Å². The van der Waals surface area contributed by atoms with Gasteiger partial charge in [-0.3, -0.25) is 9.69 Å². The second-order valence-corrected chi connectivity index (χ2v) is 9.45. The largest absolute Gasteiger partial charge is 0.322 e. The molecule has 0 aliphatic heterocycles. The van der Waals surface area contributed by atoms with Crippen LogP contribution in [0.15, 0.2) is 46.6 Å². The monoisotopic (exact) mass is 434 g/mol. The zero-order valence-corrected chi connectivity index (χ0v) is 18.4. The summed E-state index contributed by atoms with van der Waals surface area (Å²) >= 11 is 1.73. The molecule has 0 radical (unpaired) electrons. The summed E-state index contributed by atoms with van der Waals surface area (Å²) in [7, 11) is 0. The molecule has 0 atom stereocenters. The SMILES string of the molecule is Cc1ccc2cc(CN(Cc3cccs3)Cc3nnnn3C3CCCC3)c(=O)[nH]c2c1. The maximum Gasteiger partial charge on any atom is 0.252 e. The number of hydrogen-bond donors (Lipinski definition) is 1. The summed E-state index contributed by atoms with van der Waals surface area (Å²) in [6.07, 6.45) is 4.73. The van der Waals surface area contributed by atoms with E-state index in [4.69, 9.17) is 0 Å². The van der Waals surface area contributed by atoms with E-state index in [0.717, 1.165) is 47.2 Å². The van der Waals surface area contributed by atoms with Gasteiger partial charge >= 0.3 is 0 Å². The van der Waals surface area contributed by atoms with Crippen molar-refractivity contribution in [2.75, 3.05) is 0 Å². The Balaban J connectivity index is 1.44. The van der Waals surface area contributed by atoms with Crippen LogP contribution in [-0.4, -0.2) is 30.1 Å². The van der Waals surface area contributed by atoms with Gasteiger partial charge in [-0.1, -0.05) is 31.0 Å². The molecule has 31 heavy (non-hydrogen) atoms. The van der Waals surface area contributed by atoms with Crippen LogP contribution in [0.3, 0.4) is 0 Å². The Hall–Kier alpha value is -2.84. The van der Waals surface area contributed by atoms with Gasteiger partial charge in [-0.05, 0) is 64.7 Å². The average molecular weight is 435 g/mol. The first-order chi connectivity index (χ1) is 15.2. The van der Waals surface area contributed by atoms with E-state index in [0.29, 0.717) is 19.1 Å². The molecule has 0 saturated heterocycles. The molecule has 3 aromatic heterocycles. The number of H-pyrrole nitrogens is 1. The van der Waals surface area contributed by atoms with Crippen molar-refractivity contribution in [1.29, 1.82) is 0 Å². The second kappa shape index (κ2) is 8.72. The second-order valence-electron chi connectivity index (χ2n) is 8.42. The minimum atomic E-state index is -0.0373. The number of rotatable bonds is 7. The highest BCUT2D eigenvalue weighted by Crippen LogP contribution is 2.29. The van der Waals surface area contributed by atoms with Gasteiger partial charge in [-0.25, -0.2) is 4.68 Å². The molecule has 4 aromatic rings. The Morgan fingerprint density at radius 3 is 2.84 bits per heavy atom. The van der Waals surface area contributed by atoms with Gasteiger partial charge in [0.15, 0.2) is 5.82 Å². The molecule has 1 fully saturated rings. The summed E-state index contributed by atoms with van der Waals surface area (Å²) in [5.74, 6) is 0.872. The van der Waals surface area contributed by atoms with Crippen LogP contribution in [0, 0.1) is 6.92 Å². The number of nitrogens with zero attached hydrogens (tertiary/aromatic N) is 5. The lowest BCUT2D eigenvalue weighted by atomic mass is 10.1. The quantitative estimate of drug-likeness (QED) is 0.471. The van der Waals surface area contributed by atoms with E-state index in [2.05, 4.69) is 55.1 Å². The highest BCUT2D eigenvalue weighted by molar-refractivity contribution is 7.09. The number of thiophene rings is 1. The van der Waals surface area contributed by atoms with Gasteiger partial charge in [0.05, 0.1) is 12.6 Å². The highest BCUT2D eigenvalue weighted by atomic mass is 32.1. The maximum atomic E-state index is 12.8. The van der Waals surface area contributed by atoms with Crippen molar-refractivity contribution in [2.45, 2.75) is 58.3 Å². The van der Waals surface area contributed by atoms with Crippen LogP contribution < -0.4 is 5.56 Å². The molecule has 0 unspecified atom stereocenters. The topological polar surface area (TPSA) is 79.7 Å². The fraction of sp³-hybridized carbons (Fsp3) is 0.391. The Morgan fingerprint density at radius 2 is 2.03 bits per heavy atom. The number of nitrogens with one attached hydrogen (secondary N) is 1. The summed E-state index contributed by atoms with van der Waals surface area (Å²) in [4.78, 5) is 19.4. The van der Waals surface area contributed by atoms with E-state index in [1.807, 2.05) is 23.7 Å². The predicted molar refractivity (Wildman–Crippen MR) is 122 cm³/mol. The molecule has 1 saturated carbocycles. The lowest BCUT2D eigenvalue weighted by molar-refractivity contribution is 0.234. The first kappa shape index (κ1) is 20.1. The first-order valence-corrected chi connectivity index (χ1v) is 11.7. The zero-order chi connectivity index (χ0) is 21.2. The minimum absolute atomic E-state index is 0.0373. The number of aryl methyl sites for hydroxylation is 1. The molecule has 5 rings (SSSR count). The normalized spacial score (nSPS) is 14.8. The van der Waals surface area contributed by atoms with Crippen LogP contribution >= 0.6 is 11.3 Å². The van der Waals surface area contributed by atoms with Gasteiger partial charge in [0.2, 0.25) is 0 Å². The van der Waals surface area contributed by atoms with E-state index < -0.39 is 0 Å². The number of aromatic nitrogens is 5. The third-order valence-corrected chi connectivity index (χ3v) is 6.89. The van der Waals surface area contributed by atoms with Crippen molar-refractivity contribution < 1.29 is 0 Å². The van der Waals surface area contributed by atoms with Crippen LogP contribution in [0.5, 0.6) is 0 Å². The average Bonchev–Trinajstić information content (AvgIpc) is 3.51. The number of aromatic amines is 1. The van der Waals surface area contributed by atoms with Gasteiger partial charge in [-0.15, -0.1) is 16.4 Å². The van der Waals surface area contributed by atoms with E-state index in [1.54, 1.807) is 11.3 Å². The minimum Gasteiger partial charge on any atom is -0.322 e. The molecule has 1 aromatic carbocycles. The molecular weight excluding hydrogens is 408 g/mol. The third-order valence-electron chi connectivity index (χ3n) is 6.03. The summed E-state index contributed by atoms with van der Waals surface area (Å²) in [5, 5.41) is 15.7. The number of benzene rings is 1. The van der Waals surface area contributed by atoms with Crippen molar-refractivity contribution in [3.05, 3.63) is 74.0 Å². The first-order valence-electron chi connectivity index (χ1n) is 10.8. The highest BCUT2D eigenvalue weighted by Gasteiger charge is 2.23. The van der Waals surface area contributed by atoms with Crippen LogP contribution in [0.2, 0.25) is 0 Å². The number of tetrazole rings is 1. The molecule has 160 valence electrons. The summed E-state index contributed by atoms with van der Waals surface area (Å²) < 4.78 is 2.00. The Bertz CT molecular complexity index is 1220. The molecule has 0 amide bonds. The van der Waals surface area contributed by atoms with E-state index in [-0.39, 0.29) is 5.56 Å². The number of pyridine rings is 1. The standard InChI is InChI=1S/C23H26N6OS/c1-16-8-9-17-12-18(23(30)24-21(17)11-16)13-28(14-20-7-4-10-31-20)15-22-25-26-27-29(22)19-5-2-3-6-19/h4,7-12,19H,2-3,5-6,13-15H2,1H3,(H,24,30). The maximum absolute atomic E-state index is 12.8. The van der Waals surface area contributed by atoms with Gasteiger partial charge in [0.25, 0.3) is 5.56 Å². The molecule has 0 bridgehead atoms. The Kier molecular flexibility index (Phi) is 5.65. The van der Waals surface area contributed by atoms with Gasteiger partial charge in [-0.2, -0.15) is 0 Å². The molecule has 3 heterocycles.